The van der Waals surface area contributed by atoms with Gasteiger partial charge in [-0.2, -0.15) is 59.5 Å². The second-order valence-electron chi connectivity index (χ2n) is 34.1. The van der Waals surface area contributed by atoms with E-state index in [0.717, 1.165) is 108 Å². The van der Waals surface area contributed by atoms with Gasteiger partial charge in [-0.25, -0.2) is 100 Å². The molecule has 140 heavy (non-hydrogen) atoms. The molecule has 0 radical (unpaired) electrons. The van der Waals surface area contributed by atoms with E-state index < -0.39 is 5.97 Å². The predicted octanol–water partition coefficient (Wildman–Crippen LogP) is 10.9. The van der Waals surface area contributed by atoms with Crippen molar-refractivity contribution in [2.45, 2.75) is 170 Å². The van der Waals surface area contributed by atoms with Crippen LogP contribution in [-0.2, 0) is 55.7 Å². The highest BCUT2D eigenvalue weighted by molar-refractivity contribution is 5.82. The van der Waals surface area contributed by atoms with Crippen LogP contribution in [0.2, 0.25) is 0 Å². The fourth-order valence-corrected chi connectivity index (χ4v) is 18.3. The zero-order valence-electron chi connectivity index (χ0n) is 76.9. The van der Waals surface area contributed by atoms with Gasteiger partial charge < -0.3 is 71.3 Å². The van der Waals surface area contributed by atoms with Crippen molar-refractivity contribution in [3.63, 3.8) is 0 Å². The molecule has 20 rings (SSSR count). The molecule has 0 spiro atoms. The largest absolute Gasteiger partial charge is 0.480 e. The lowest BCUT2D eigenvalue weighted by Crippen LogP contribution is -2.50. The zero-order valence-corrected chi connectivity index (χ0v) is 76.9. The fraction of sp³-hybridized carbons (Fsp3) is 0.376. The van der Waals surface area contributed by atoms with E-state index in [4.69, 9.17) is 97.9 Å². The summed E-state index contributed by atoms with van der Waals surface area (Å²) in [7, 11) is 3.58. The average Bonchev–Trinajstić information content (AvgIpc) is 1.49. The number of nitrogens with zero attached hydrogens (tertiary/aromatic N) is 34. The Morgan fingerprint density at radius 2 is 0.686 bits per heavy atom. The van der Waals surface area contributed by atoms with Crippen LogP contribution in [0.5, 0.6) is 0 Å². The molecule has 5 aliphatic carbocycles. The summed E-state index contributed by atoms with van der Waals surface area (Å²) in [5.74, 6) is 1.19. The van der Waals surface area contributed by atoms with Gasteiger partial charge in [0.15, 0.2) is 0 Å². The van der Waals surface area contributed by atoms with Gasteiger partial charge in [0.25, 0.3) is 0 Å². The highest BCUT2D eigenvalue weighted by Gasteiger charge is 2.57. The molecule has 47 heteroatoms. The Hall–Kier alpha value is -18.8. The van der Waals surface area contributed by atoms with Gasteiger partial charge in [0.05, 0.1) is 128 Å². The van der Waals surface area contributed by atoms with Gasteiger partial charge in [-0.05, 0) is 114 Å². The number of carbonyl (C=O) groups excluding carboxylic acids is 6. The number of hydrogen-bond acceptors (Lipinski definition) is 28. The second-order valence-corrected chi connectivity index (χ2v) is 34.1. The van der Waals surface area contributed by atoms with Crippen LogP contribution in [0.3, 0.4) is 0 Å². The second kappa shape index (κ2) is 43.0. The molecule has 15 aromatic rings. The first-order chi connectivity index (χ1) is 67.6. The van der Waals surface area contributed by atoms with E-state index in [1.54, 1.807) is 58.6 Å². The first-order valence-electron chi connectivity index (χ1n) is 43.7. The van der Waals surface area contributed by atoms with Gasteiger partial charge in [-0.1, -0.05) is 12.8 Å². The maximum Gasteiger partial charge on any atom is 0.373 e. The van der Waals surface area contributed by atoms with Crippen molar-refractivity contribution < 1.29 is 38.7 Å². The van der Waals surface area contributed by atoms with Gasteiger partial charge in [-0.15, -0.1) is 25.5 Å². The van der Waals surface area contributed by atoms with Crippen LogP contribution in [0.4, 0.5) is 29.7 Å². The summed E-state index contributed by atoms with van der Waals surface area (Å²) in [4.78, 5) is 111. The summed E-state index contributed by atoms with van der Waals surface area (Å²) in [5, 5.41) is 71.3. The van der Waals surface area contributed by atoms with E-state index >= 15 is 0 Å². The number of aryl methyl sites for hydroxylation is 5. The predicted molar refractivity (Wildman–Crippen MR) is 501 cm³/mol. The molecule has 1 unspecified atom stereocenters. The molecule has 5 aliphatic rings. The summed E-state index contributed by atoms with van der Waals surface area (Å²) in [5.41, 5.74) is 27.4. The Balaban J connectivity index is 0.000000144. The lowest BCUT2D eigenvalue weighted by molar-refractivity contribution is -0.193. The molecule has 1 atom stereocenters. The topological polar surface area (TPSA) is 527 Å². The quantitative estimate of drug-likeness (QED) is 0.0364. The molecule has 15 heterocycles. The van der Waals surface area contributed by atoms with Crippen molar-refractivity contribution in [3.8, 4) is 62.4 Å². The molecule has 15 aromatic heterocycles. The molecule has 8 N–H and O–H groups in total. The molecule has 0 aromatic carbocycles. The third-order valence-electron chi connectivity index (χ3n) is 25.4. The molecule has 706 valence electrons. The first kappa shape index (κ1) is 98.7. The third kappa shape index (κ3) is 20.3. The standard InChI is InChI=1S/C20H23N7O2.2C18H18N8.2C17H16N8.3CO2/c1-13-6-7-17-19(24-20(25-27(13)17)22-11-18(28)29)15-10-23-26(12-15)16(8-9-21)14-4-2-3-5-14;2*1-12-5-6-15-16(23-17(21-4)24-26(12)15)13-9-22-25(10-13)18(11-19-2)7-14(8-18)20-3;2*1-11-4-5-14-15(22-16(18)23-25(11)14)12-8-21-24(9-12)17(10-19-2)6-13(7-17)20-3;3*2-1-3/h6-7,10,12,14,16H,2-5,8,11H2,1H3,(H,22,25)(H,28,29);2*5-6,9-10,14H,7-8,11H2,1,4H3,(H,21,24);2*4-5,8-9,13H,6-7,10H2,1H3,(H2,18,23);;;. The monoisotopic (exact) mass is 1880 g/mol. The summed E-state index contributed by atoms with van der Waals surface area (Å²) in [6.45, 7) is 68.7. The van der Waals surface area contributed by atoms with Crippen LogP contribution in [0.25, 0.3) is 123 Å². The van der Waals surface area contributed by atoms with E-state index in [0.29, 0.717) is 119 Å². The Bertz CT molecular complexity index is 7250. The average molecular weight is 1880 g/mol. The molecule has 0 bridgehead atoms. The Kier molecular flexibility index (Phi) is 30.3. The smallest absolute Gasteiger partial charge is 0.373 e. The molecule has 47 nitrogen and oxygen atoms in total. The number of nitrogens with one attached hydrogen (secondary N) is 3. The molecule has 0 aliphatic heterocycles. The van der Waals surface area contributed by atoms with Crippen molar-refractivity contribution in [2.24, 2.45) is 5.92 Å². The number of rotatable bonds is 21. The SMILES string of the molecule is Cc1ccc2c(-c3cnn(C(CC#N)C4CCCC4)c3)nc(NCC(=O)O)nn12.O=C=O.O=C=O.O=C=O.[C-]#[N+]CC1(n2cc(-c3nc(N)nn4c(C)ccc34)cn2)CC([N+]#[C-])C1.[C-]#[N+]CC1(n2cc(-c3nc(N)nn4c(C)ccc34)cn2)CC([N+]#[C-])C1.[C-]#[N+]CC1(n2cc(-c3nc(NC)nn4c(C)ccc34)cn2)CC([N+]#[C-])C1.[C-]#[N+]CC1(n2cc(-c3nc(NC)nn4c(C)ccc34)cn2)CC([N+]#[C-])C1. The van der Waals surface area contributed by atoms with Crippen LogP contribution in [0, 0.1) is 104 Å². The highest BCUT2D eigenvalue weighted by Crippen LogP contribution is 2.47. The molecular formula is C93H91N39O8. The van der Waals surface area contributed by atoms with Crippen LogP contribution in [0.1, 0.15) is 118 Å². The number of anilines is 5. The van der Waals surface area contributed by atoms with E-state index in [-0.39, 0.29) is 95.2 Å². The van der Waals surface area contributed by atoms with Gasteiger partial charge in [0.1, 0.15) is 57.2 Å². The molecular weight excluding hydrogens is 1790 g/mol. The Morgan fingerprint density at radius 1 is 0.421 bits per heavy atom. The van der Waals surface area contributed by atoms with E-state index in [1.807, 2.05) is 159 Å². The minimum atomic E-state index is -0.983. The maximum absolute atomic E-state index is 10.9. The summed E-state index contributed by atoms with van der Waals surface area (Å²) >= 11 is 0. The van der Waals surface area contributed by atoms with Crippen molar-refractivity contribution in [1.29, 1.82) is 5.26 Å². The Morgan fingerprint density at radius 3 is 0.957 bits per heavy atom. The molecule has 5 saturated carbocycles. The van der Waals surface area contributed by atoms with Crippen molar-refractivity contribution >= 4 is 81.7 Å². The van der Waals surface area contributed by atoms with E-state index in [2.05, 4.69) is 137 Å². The van der Waals surface area contributed by atoms with Crippen LogP contribution in [-0.4, -0.2) is 222 Å². The van der Waals surface area contributed by atoms with E-state index in [9.17, 15) is 10.1 Å². The van der Waals surface area contributed by atoms with Gasteiger partial charge in [0.2, 0.25) is 80.1 Å². The lowest BCUT2D eigenvalue weighted by atomic mass is 9.73. The number of nitriles is 1. The maximum atomic E-state index is 10.9. The summed E-state index contributed by atoms with van der Waals surface area (Å²) in [6.07, 6.45) is 29.6. The number of aliphatic carboxylic acids is 1. The number of carboxylic acids is 1. The first-order valence-corrected chi connectivity index (χ1v) is 43.7. The normalized spacial score (nSPS) is 19.4. The lowest BCUT2D eigenvalue weighted by Gasteiger charge is -2.37. The number of hydrogen-bond donors (Lipinski definition) is 6. The number of fused-ring (bicyclic) bond motifs is 5. The van der Waals surface area contributed by atoms with Crippen LogP contribution >= 0.6 is 0 Å². The number of nitrogen functional groups attached to an aromatic ring is 2. The van der Waals surface area contributed by atoms with Crippen LogP contribution in [0.15, 0.2) is 123 Å². The van der Waals surface area contributed by atoms with Crippen molar-refractivity contribution in [1.82, 2.24) is 122 Å². The minimum Gasteiger partial charge on any atom is -0.480 e. The Labute approximate surface area is 799 Å². The van der Waals surface area contributed by atoms with Gasteiger partial charge in [-0.3, -0.25) is 28.2 Å². The minimum absolute atomic E-state index is 0.0145. The third-order valence-corrected chi connectivity index (χ3v) is 25.4. The van der Waals surface area contributed by atoms with Gasteiger partial charge in [0, 0.05) is 101 Å². The van der Waals surface area contributed by atoms with Crippen LogP contribution < -0.4 is 27.4 Å². The summed E-state index contributed by atoms with van der Waals surface area (Å²) < 4.78 is 18.3. The highest BCUT2D eigenvalue weighted by atomic mass is 16.4. The number of nitrogens with two attached hydrogens (primary N) is 2. The molecule has 5 fully saturated rings. The van der Waals surface area contributed by atoms with Crippen molar-refractivity contribution in [2.75, 3.05) is 74.2 Å². The number of carboxylic acid groups (broad SMARTS) is 1. The summed E-state index contributed by atoms with van der Waals surface area (Å²) in [6, 6.07) is 22.0. The zero-order chi connectivity index (χ0) is 100. The number of aromatic nitrogens is 25. The fourth-order valence-electron chi connectivity index (χ4n) is 18.3. The van der Waals surface area contributed by atoms with Crippen molar-refractivity contribution in [3.05, 3.63) is 242 Å². The number of carbonyl (C=O) groups is 1. The molecule has 0 saturated heterocycles. The van der Waals surface area contributed by atoms with Gasteiger partial charge >= 0.3 is 24.4 Å². The van der Waals surface area contributed by atoms with E-state index in [1.165, 1.54) is 12.8 Å². The molecule has 0 amide bonds.